The van der Waals surface area contributed by atoms with Gasteiger partial charge in [-0.15, -0.1) is 0 Å². The number of carboxylic acid groups (broad SMARTS) is 1. The fourth-order valence-electron chi connectivity index (χ4n) is 5.18. The number of amides is 1. The number of nitrogens with one attached hydrogen (secondary N) is 2. The second-order valence-corrected chi connectivity index (χ2v) is 9.44. The number of hydrogen-bond donors (Lipinski definition) is 5. The van der Waals surface area contributed by atoms with Gasteiger partial charge in [0.05, 0.1) is 42.3 Å². The van der Waals surface area contributed by atoms with Gasteiger partial charge < -0.3 is 35.3 Å². The maximum Gasteiger partial charge on any atom is 0.338 e. The molecule has 0 saturated heterocycles. The van der Waals surface area contributed by atoms with Crippen molar-refractivity contribution in [3.05, 3.63) is 24.3 Å². The molecule has 3 aromatic rings. The third-order valence-electron chi connectivity index (χ3n) is 7.20. The summed E-state index contributed by atoms with van der Waals surface area (Å²) in [5.74, 6) is -0.822. The highest BCUT2D eigenvalue weighted by Gasteiger charge is 2.44. The number of aliphatic hydroxyl groups excluding tert-OH is 2. The Hall–Kier alpha value is -3.62. The highest BCUT2D eigenvalue weighted by molar-refractivity contribution is 5.87. The number of ether oxygens (including phenoxy) is 1. The minimum absolute atomic E-state index is 0.00592. The Morgan fingerprint density at radius 2 is 2.00 bits per heavy atom. The molecule has 3 aromatic heterocycles. The molecule has 1 amide bonds. The Morgan fingerprint density at radius 1 is 1.19 bits per heavy atom. The van der Waals surface area contributed by atoms with Crippen LogP contribution in [0.1, 0.15) is 55.4 Å². The van der Waals surface area contributed by atoms with Gasteiger partial charge in [0, 0.05) is 19.7 Å². The lowest BCUT2D eigenvalue weighted by Crippen LogP contribution is -2.42. The van der Waals surface area contributed by atoms with E-state index in [-0.39, 0.29) is 42.4 Å². The summed E-state index contributed by atoms with van der Waals surface area (Å²) in [6.45, 7) is 1.71. The van der Waals surface area contributed by atoms with Gasteiger partial charge in [-0.05, 0) is 25.7 Å². The molecule has 2 saturated carbocycles. The summed E-state index contributed by atoms with van der Waals surface area (Å²) in [6.07, 6.45) is 4.98. The summed E-state index contributed by atoms with van der Waals surface area (Å²) in [5, 5.41) is 41.0. The van der Waals surface area contributed by atoms with Crippen LogP contribution in [-0.4, -0.2) is 94.0 Å². The molecule has 2 fully saturated rings. The van der Waals surface area contributed by atoms with Crippen molar-refractivity contribution in [2.24, 2.45) is 0 Å². The van der Waals surface area contributed by atoms with Crippen LogP contribution in [0.15, 0.2) is 18.7 Å². The van der Waals surface area contributed by atoms with Crippen molar-refractivity contribution in [3.63, 3.8) is 0 Å². The standard InChI is InChI=1S/C23H30N8O6/c1-3-16(32)26-13-7-14(19(34)18(13)33)30-10-24-17-20(27-12-5-4-6-15(12)37-2)28-23(29-21(17)30)31-9-11(8-25-31)22(35)36/h8-10,12-15,18-19,33-34H,3-7H2,1-2H3,(H,26,32)(H,35,36)(H,27,28,29)/t12-,13-,14+,15-,18+,19-/m0/s1. The normalized spacial score (nSPS) is 27.6. The molecule has 14 nitrogen and oxygen atoms in total. The van der Waals surface area contributed by atoms with Crippen LogP contribution in [0.2, 0.25) is 0 Å². The molecule has 14 heteroatoms. The first-order valence-corrected chi connectivity index (χ1v) is 12.3. The van der Waals surface area contributed by atoms with Crippen LogP contribution in [0.4, 0.5) is 5.82 Å². The molecule has 198 valence electrons. The predicted octanol–water partition coefficient (Wildman–Crippen LogP) is 0.251. The zero-order valence-corrected chi connectivity index (χ0v) is 20.5. The van der Waals surface area contributed by atoms with Crippen LogP contribution in [0.5, 0.6) is 0 Å². The van der Waals surface area contributed by atoms with Crippen molar-refractivity contribution >= 4 is 28.9 Å². The molecule has 2 aliphatic rings. The first-order chi connectivity index (χ1) is 17.8. The molecule has 5 N–H and O–H groups in total. The molecule has 0 radical (unpaired) electrons. The van der Waals surface area contributed by atoms with E-state index in [0.717, 1.165) is 19.3 Å². The van der Waals surface area contributed by atoms with E-state index in [0.29, 0.717) is 17.0 Å². The number of aliphatic hydroxyl groups is 2. The minimum atomic E-state index is -1.18. The van der Waals surface area contributed by atoms with E-state index in [2.05, 4.69) is 30.7 Å². The average molecular weight is 515 g/mol. The van der Waals surface area contributed by atoms with Gasteiger partial charge in [-0.25, -0.2) is 14.5 Å². The number of fused-ring (bicyclic) bond motifs is 1. The van der Waals surface area contributed by atoms with E-state index in [1.807, 2.05) is 0 Å². The van der Waals surface area contributed by atoms with Crippen LogP contribution in [0, 0.1) is 0 Å². The van der Waals surface area contributed by atoms with Gasteiger partial charge in [0.15, 0.2) is 17.0 Å². The van der Waals surface area contributed by atoms with E-state index in [9.17, 15) is 24.9 Å². The van der Waals surface area contributed by atoms with Crippen molar-refractivity contribution in [2.45, 2.75) is 75.5 Å². The first kappa shape index (κ1) is 25.0. The Labute approximate surface area is 211 Å². The van der Waals surface area contributed by atoms with Crippen molar-refractivity contribution in [1.82, 2.24) is 34.6 Å². The second-order valence-electron chi connectivity index (χ2n) is 9.44. The topological polar surface area (TPSA) is 190 Å². The van der Waals surface area contributed by atoms with Crippen LogP contribution >= 0.6 is 0 Å². The lowest BCUT2D eigenvalue weighted by molar-refractivity contribution is -0.122. The highest BCUT2D eigenvalue weighted by atomic mass is 16.5. The number of anilines is 1. The molecule has 5 rings (SSSR count). The SMILES string of the molecule is CCC(=O)N[C@H]1C[C@@H](n2cnc3c(N[C@H]4CCC[C@@H]4OC)nc(-n4cc(C(=O)O)cn4)nc32)[C@H](O)[C@@H]1O. The quantitative estimate of drug-likeness (QED) is 0.277. The number of aromatic carboxylic acids is 1. The van der Waals surface area contributed by atoms with Gasteiger partial charge in [0.1, 0.15) is 12.2 Å². The summed E-state index contributed by atoms with van der Waals surface area (Å²) in [4.78, 5) is 37.0. The molecule has 0 aliphatic heterocycles. The molecule has 2 aliphatic carbocycles. The summed E-state index contributed by atoms with van der Waals surface area (Å²) >= 11 is 0. The van der Waals surface area contributed by atoms with Crippen LogP contribution in [-0.2, 0) is 9.53 Å². The maximum absolute atomic E-state index is 11.9. The summed E-state index contributed by atoms with van der Waals surface area (Å²) < 4.78 is 8.52. The fraction of sp³-hybridized carbons (Fsp3) is 0.565. The van der Waals surface area contributed by atoms with E-state index in [1.165, 1.54) is 23.4 Å². The van der Waals surface area contributed by atoms with E-state index < -0.39 is 30.3 Å². The zero-order valence-electron chi connectivity index (χ0n) is 20.5. The minimum Gasteiger partial charge on any atom is -0.478 e. The van der Waals surface area contributed by atoms with E-state index in [4.69, 9.17) is 4.74 Å². The lowest BCUT2D eigenvalue weighted by Gasteiger charge is -2.21. The molecule has 37 heavy (non-hydrogen) atoms. The Balaban J connectivity index is 1.56. The highest BCUT2D eigenvalue weighted by Crippen LogP contribution is 2.35. The third-order valence-corrected chi connectivity index (χ3v) is 7.20. The van der Waals surface area contributed by atoms with E-state index in [1.54, 1.807) is 18.6 Å². The Morgan fingerprint density at radius 3 is 2.70 bits per heavy atom. The summed E-state index contributed by atoms with van der Waals surface area (Å²) in [7, 11) is 1.66. The van der Waals surface area contributed by atoms with Crippen LogP contribution < -0.4 is 10.6 Å². The van der Waals surface area contributed by atoms with Crippen LogP contribution in [0.3, 0.4) is 0 Å². The van der Waals surface area contributed by atoms with Gasteiger partial charge in [-0.1, -0.05) is 6.92 Å². The number of aromatic nitrogens is 6. The summed E-state index contributed by atoms with van der Waals surface area (Å²) in [6, 6.07) is -1.27. The average Bonchev–Trinajstić information content (AvgIpc) is 3.68. The number of methoxy groups -OCH3 is 1. The Bertz CT molecular complexity index is 1310. The number of carboxylic acids is 1. The van der Waals surface area contributed by atoms with Gasteiger partial charge >= 0.3 is 5.97 Å². The van der Waals surface area contributed by atoms with E-state index >= 15 is 0 Å². The second kappa shape index (κ2) is 10.0. The van der Waals surface area contributed by atoms with Crippen molar-refractivity contribution in [1.29, 1.82) is 0 Å². The van der Waals surface area contributed by atoms with Crippen molar-refractivity contribution in [3.8, 4) is 5.95 Å². The molecule has 0 spiro atoms. The molecule has 0 aromatic carbocycles. The number of hydrogen-bond acceptors (Lipinski definition) is 10. The number of rotatable bonds is 8. The fourth-order valence-corrected chi connectivity index (χ4v) is 5.18. The molecule has 3 heterocycles. The number of carbonyl (C=O) groups is 2. The molecular formula is C23H30N8O6. The number of carbonyl (C=O) groups excluding carboxylic acids is 1. The molecular weight excluding hydrogens is 484 g/mol. The van der Waals surface area contributed by atoms with Crippen molar-refractivity contribution < 1.29 is 29.6 Å². The van der Waals surface area contributed by atoms with Gasteiger partial charge in [0.25, 0.3) is 5.95 Å². The molecule has 0 bridgehead atoms. The van der Waals surface area contributed by atoms with Gasteiger partial charge in [-0.2, -0.15) is 15.1 Å². The van der Waals surface area contributed by atoms with Gasteiger partial charge in [0.2, 0.25) is 5.91 Å². The monoisotopic (exact) mass is 514 g/mol. The van der Waals surface area contributed by atoms with Crippen LogP contribution in [0.25, 0.3) is 17.1 Å². The Kier molecular flexibility index (Phi) is 6.79. The van der Waals surface area contributed by atoms with Gasteiger partial charge in [-0.3, -0.25) is 4.79 Å². The maximum atomic E-state index is 11.9. The number of nitrogens with zero attached hydrogens (tertiary/aromatic N) is 6. The smallest absolute Gasteiger partial charge is 0.338 e. The molecule has 0 unspecified atom stereocenters. The lowest BCUT2D eigenvalue weighted by atomic mass is 10.2. The van der Waals surface area contributed by atoms with Crippen molar-refractivity contribution in [2.75, 3.05) is 12.4 Å². The third kappa shape index (κ3) is 4.63. The predicted molar refractivity (Wildman–Crippen MR) is 129 cm³/mol. The largest absolute Gasteiger partial charge is 0.478 e. The zero-order chi connectivity index (χ0) is 26.3. The molecule has 6 atom stereocenters. The number of imidazole rings is 1. The summed E-state index contributed by atoms with van der Waals surface area (Å²) in [5.41, 5.74) is 0.787. The first-order valence-electron chi connectivity index (χ1n) is 12.3.